The van der Waals surface area contributed by atoms with E-state index in [0.717, 1.165) is 51.9 Å². The molecule has 3 rings (SSSR count). The van der Waals surface area contributed by atoms with E-state index in [2.05, 4.69) is 72.1 Å². The van der Waals surface area contributed by atoms with Gasteiger partial charge in [-0.2, -0.15) is 0 Å². The van der Waals surface area contributed by atoms with Crippen LogP contribution in [0.4, 0.5) is 0 Å². The van der Waals surface area contributed by atoms with Crippen LogP contribution in [0.1, 0.15) is 38.8 Å². The highest BCUT2D eigenvalue weighted by atomic mass is 16.5. The maximum atomic E-state index is 5.42. The third-order valence-corrected chi connectivity index (χ3v) is 6.34. The summed E-state index contributed by atoms with van der Waals surface area (Å²) in [6.45, 7) is 15.9. The molecule has 0 aliphatic carbocycles. The lowest BCUT2D eigenvalue weighted by atomic mass is 9.65. The van der Waals surface area contributed by atoms with Crippen molar-refractivity contribution in [2.45, 2.75) is 46.3 Å². The Morgan fingerprint density at radius 2 is 1.69 bits per heavy atom. The predicted octanol–water partition coefficient (Wildman–Crippen LogP) is 2.71. The van der Waals surface area contributed by atoms with Gasteiger partial charge in [-0.25, -0.2) is 0 Å². The number of nitrogens with zero attached hydrogens (tertiary/aromatic N) is 3. The van der Waals surface area contributed by atoms with Crippen molar-refractivity contribution in [3.8, 4) is 0 Å². The standard InChI is InChI=1S/C21H34N4O/c1-20(2)16-25(21(20,3)4)19(22-5)23-14-17-6-8-18(9-7-17)15-24-10-12-26-13-11-24/h6-9H,10-16H2,1-5H3,(H,22,23). The molecular weight excluding hydrogens is 324 g/mol. The summed E-state index contributed by atoms with van der Waals surface area (Å²) >= 11 is 0. The van der Waals surface area contributed by atoms with E-state index < -0.39 is 0 Å². The Labute approximate surface area is 158 Å². The van der Waals surface area contributed by atoms with Crippen LogP contribution in [0.3, 0.4) is 0 Å². The lowest BCUT2D eigenvalue weighted by molar-refractivity contribution is -0.0667. The number of hydrogen-bond donors (Lipinski definition) is 1. The van der Waals surface area contributed by atoms with E-state index in [-0.39, 0.29) is 5.54 Å². The average Bonchev–Trinajstić information content (AvgIpc) is 2.63. The quantitative estimate of drug-likeness (QED) is 0.664. The van der Waals surface area contributed by atoms with E-state index in [1.807, 2.05) is 7.05 Å². The van der Waals surface area contributed by atoms with Gasteiger partial charge in [0.25, 0.3) is 0 Å². The molecular formula is C21H34N4O. The van der Waals surface area contributed by atoms with Gasteiger partial charge in [0.1, 0.15) is 0 Å². The molecule has 2 aliphatic heterocycles. The Morgan fingerprint density at radius 3 is 2.23 bits per heavy atom. The molecule has 26 heavy (non-hydrogen) atoms. The van der Waals surface area contributed by atoms with Gasteiger partial charge in [0.05, 0.1) is 13.2 Å². The molecule has 5 nitrogen and oxygen atoms in total. The Bertz CT molecular complexity index is 630. The van der Waals surface area contributed by atoms with Crippen LogP contribution in [0.2, 0.25) is 0 Å². The van der Waals surface area contributed by atoms with Crippen LogP contribution in [0.15, 0.2) is 29.3 Å². The molecule has 1 aromatic carbocycles. The number of likely N-dealkylation sites (tertiary alicyclic amines) is 1. The third-order valence-electron chi connectivity index (χ3n) is 6.34. The molecule has 2 aliphatic rings. The fraction of sp³-hybridized carbons (Fsp3) is 0.667. The van der Waals surface area contributed by atoms with Gasteiger partial charge in [-0.3, -0.25) is 9.89 Å². The fourth-order valence-corrected chi connectivity index (χ4v) is 3.66. The van der Waals surface area contributed by atoms with Crippen molar-refractivity contribution in [1.29, 1.82) is 0 Å². The zero-order valence-electron chi connectivity index (χ0n) is 17.0. The molecule has 0 saturated carbocycles. The molecule has 144 valence electrons. The topological polar surface area (TPSA) is 40.1 Å². The van der Waals surface area contributed by atoms with Crippen LogP contribution in [0.25, 0.3) is 0 Å². The summed E-state index contributed by atoms with van der Waals surface area (Å²) in [5.41, 5.74) is 3.09. The minimum atomic E-state index is 0.122. The van der Waals surface area contributed by atoms with Gasteiger partial charge in [-0.1, -0.05) is 38.1 Å². The van der Waals surface area contributed by atoms with E-state index in [1.54, 1.807) is 0 Å². The molecule has 5 heteroatoms. The first-order chi connectivity index (χ1) is 12.3. The van der Waals surface area contributed by atoms with E-state index in [1.165, 1.54) is 11.1 Å². The number of guanidine groups is 1. The number of nitrogens with one attached hydrogen (secondary N) is 1. The minimum absolute atomic E-state index is 0.122. The minimum Gasteiger partial charge on any atom is -0.379 e. The summed E-state index contributed by atoms with van der Waals surface area (Å²) < 4.78 is 5.42. The molecule has 0 atom stereocenters. The molecule has 0 unspecified atom stereocenters. The monoisotopic (exact) mass is 358 g/mol. The highest BCUT2D eigenvalue weighted by Crippen LogP contribution is 2.46. The number of rotatable bonds is 4. The highest BCUT2D eigenvalue weighted by Gasteiger charge is 2.53. The summed E-state index contributed by atoms with van der Waals surface area (Å²) in [5.74, 6) is 0.992. The summed E-state index contributed by atoms with van der Waals surface area (Å²) in [5, 5.41) is 3.53. The van der Waals surface area contributed by atoms with E-state index in [9.17, 15) is 0 Å². The van der Waals surface area contributed by atoms with Crippen molar-refractivity contribution in [2.24, 2.45) is 10.4 Å². The predicted molar refractivity (Wildman–Crippen MR) is 107 cm³/mol. The Morgan fingerprint density at radius 1 is 1.08 bits per heavy atom. The van der Waals surface area contributed by atoms with Gasteiger partial charge in [-0.15, -0.1) is 0 Å². The van der Waals surface area contributed by atoms with Gasteiger partial charge in [-0.05, 0) is 25.0 Å². The van der Waals surface area contributed by atoms with E-state index in [0.29, 0.717) is 5.41 Å². The largest absolute Gasteiger partial charge is 0.379 e. The van der Waals surface area contributed by atoms with Gasteiger partial charge >= 0.3 is 0 Å². The number of aliphatic imine (C=N–C) groups is 1. The van der Waals surface area contributed by atoms with Gasteiger partial charge in [0.15, 0.2) is 5.96 Å². The summed E-state index contributed by atoms with van der Waals surface area (Å²) in [4.78, 5) is 9.32. The second-order valence-corrected chi connectivity index (χ2v) is 8.63. The molecule has 0 amide bonds. The lowest BCUT2D eigenvalue weighted by Gasteiger charge is -2.62. The molecule has 2 heterocycles. The Balaban J connectivity index is 1.52. The second-order valence-electron chi connectivity index (χ2n) is 8.63. The average molecular weight is 359 g/mol. The molecule has 2 saturated heterocycles. The second kappa shape index (κ2) is 7.57. The zero-order valence-corrected chi connectivity index (χ0v) is 17.0. The number of hydrogen-bond acceptors (Lipinski definition) is 3. The van der Waals surface area contributed by atoms with Crippen molar-refractivity contribution in [1.82, 2.24) is 15.1 Å². The van der Waals surface area contributed by atoms with Crippen LogP contribution in [0.5, 0.6) is 0 Å². The first-order valence-corrected chi connectivity index (χ1v) is 9.70. The smallest absolute Gasteiger partial charge is 0.194 e. The fourth-order valence-electron chi connectivity index (χ4n) is 3.66. The third kappa shape index (κ3) is 3.89. The Hall–Kier alpha value is -1.59. The molecule has 0 spiro atoms. The van der Waals surface area contributed by atoms with Crippen molar-refractivity contribution in [3.63, 3.8) is 0 Å². The maximum Gasteiger partial charge on any atom is 0.194 e. The molecule has 1 aromatic rings. The van der Waals surface area contributed by atoms with Crippen LogP contribution < -0.4 is 5.32 Å². The van der Waals surface area contributed by atoms with Crippen molar-refractivity contribution >= 4 is 5.96 Å². The first-order valence-electron chi connectivity index (χ1n) is 9.70. The SMILES string of the molecule is CN=C(NCc1ccc(CN2CCOCC2)cc1)N1CC(C)(C)C1(C)C. The van der Waals surface area contributed by atoms with E-state index >= 15 is 0 Å². The van der Waals surface area contributed by atoms with Crippen LogP contribution in [-0.4, -0.2) is 61.2 Å². The number of morpholine rings is 1. The Kier molecular flexibility index (Phi) is 5.58. The normalized spacial score (nSPS) is 22.8. The summed E-state index contributed by atoms with van der Waals surface area (Å²) in [7, 11) is 1.87. The van der Waals surface area contributed by atoms with Crippen LogP contribution in [0, 0.1) is 5.41 Å². The van der Waals surface area contributed by atoms with Crippen molar-refractivity contribution in [2.75, 3.05) is 39.9 Å². The van der Waals surface area contributed by atoms with Crippen molar-refractivity contribution < 1.29 is 4.74 Å². The highest BCUT2D eigenvalue weighted by molar-refractivity contribution is 5.82. The number of benzene rings is 1. The zero-order chi connectivity index (χ0) is 18.8. The van der Waals surface area contributed by atoms with Crippen LogP contribution in [-0.2, 0) is 17.8 Å². The lowest BCUT2D eigenvalue weighted by Crippen LogP contribution is -2.72. The molecule has 2 fully saturated rings. The van der Waals surface area contributed by atoms with Crippen molar-refractivity contribution in [3.05, 3.63) is 35.4 Å². The molecule has 0 bridgehead atoms. The maximum absolute atomic E-state index is 5.42. The summed E-state index contributed by atoms with van der Waals surface area (Å²) in [6, 6.07) is 8.93. The van der Waals surface area contributed by atoms with Gasteiger partial charge in [0.2, 0.25) is 0 Å². The van der Waals surface area contributed by atoms with E-state index in [4.69, 9.17) is 4.74 Å². The number of ether oxygens (including phenoxy) is 1. The van der Waals surface area contributed by atoms with Crippen LogP contribution >= 0.6 is 0 Å². The van der Waals surface area contributed by atoms with Gasteiger partial charge < -0.3 is 15.0 Å². The molecule has 0 radical (unpaired) electrons. The van der Waals surface area contributed by atoms with Gasteiger partial charge in [0, 0.05) is 50.7 Å². The molecule has 0 aromatic heterocycles. The summed E-state index contributed by atoms with van der Waals surface area (Å²) in [6.07, 6.45) is 0. The first kappa shape index (κ1) is 19.2. The molecule has 1 N–H and O–H groups in total.